The normalized spacial score (nSPS) is 10.7. The molecule has 0 aromatic heterocycles. The van der Waals surface area contributed by atoms with Gasteiger partial charge < -0.3 is 9.84 Å². The van der Waals surface area contributed by atoms with Crippen LogP contribution in [0.15, 0.2) is 48.5 Å². The first kappa shape index (κ1) is 13.8. The highest BCUT2D eigenvalue weighted by atomic mass is 19.1. The van der Waals surface area contributed by atoms with Gasteiger partial charge in [-0.05, 0) is 48.4 Å². The third kappa shape index (κ3) is 3.68. The van der Waals surface area contributed by atoms with Crippen LogP contribution in [-0.4, -0.2) is 11.1 Å². The van der Waals surface area contributed by atoms with E-state index in [1.54, 1.807) is 30.3 Å². The van der Waals surface area contributed by atoms with Gasteiger partial charge in [0, 0.05) is 12.1 Å². The lowest BCUT2D eigenvalue weighted by molar-refractivity contribution is -0.131. The Labute approximate surface area is 115 Å². The molecule has 0 aliphatic carbocycles. The predicted molar refractivity (Wildman–Crippen MR) is 74.3 cm³/mol. The molecule has 0 atom stereocenters. The number of aryl methyl sites for hydroxylation is 1. The molecule has 0 spiro atoms. The number of ether oxygens (including phenoxy) is 1. The molecule has 0 bridgehead atoms. The SMILES string of the molecule is Cc1cc(Oc2cccc(F)c2)ccc1C=CC(=O)O. The highest BCUT2D eigenvalue weighted by molar-refractivity contribution is 5.85. The van der Waals surface area contributed by atoms with Gasteiger partial charge in [-0.25, -0.2) is 9.18 Å². The number of hydrogen-bond donors (Lipinski definition) is 1. The largest absolute Gasteiger partial charge is 0.478 e. The Bertz CT molecular complexity index is 663. The Kier molecular flexibility index (Phi) is 4.15. The molecule has 2 aromatic carbocycles. The average molecular weight is 272 g/mol. The molecule has 3 nitrogen and oxygen atoms in total. The van der Waals surface area contributed by atoms with E-state index in [0.29, 0.717) is 11.5 Å². The van der Waals surface area contributed by atoms with Crippen LogP contribution < -0.4 is 4.74 Å². The lowest BCUT2D eigenvalue weighted by Gasteiger charge is -2.08. The van der Waals surface area contributed by atoms with Gasteiger partial charge in [-0.15, -0.1) is 0 Å². The fraction of sp³-hybridized carbons (Fsp3) is 0.0625. The zero-order valence-electron chi connectivity index (χ0n) is 10.8. The van der Waals surface area contributed by atoms with Crippen molar-refractivity contribution in [3.8, 4) is 11.5 Å². The van der Waals surface area contributed by atoms with Crippen molar-refractivity contribution in [1.29, 1.82) is 0 Å². The standard InChI is InChI=1S/C16H13FO3/c1-11-9-15(7-5-12(11)6-8-16(18)19)20-14-4-2-3-13(17)10-14/h2-10H,1H3,(H,18,19). The van der Waals surface area contributed by atoms with E-state index < -0.39 is 5.97 Å². The van der Waals surface area contributed by atoms with E-state index in [1.165, 1.54) is 18.2 Å². The predicted octanol–water partition coefficient (Wildman–Crippen LogP) is 4.02. The Morgan fingerprint density at radius 3 is 2.60 bits per heavy atom. The number of rotatable bonds is 4. The maximum atomic E-state index is 13.0. The third-order valence-electron chi connectivity index (χ3n) is 2.68. The van der Waals surface area contributed by atoms with Crippen molar-refractivity contribution in [2.24, 2.45) is 0 Å². The number of carboxylic acid groups (broad SMARTS) is 1. The molecule has 0 radical (unpaired) electrons. The van der Waals surface area contributed by atoms with Gasteiger partial charge >= 0.3 is 5.97 Å². The smallest absolute Gasteiger partial charge is 0.328 e. The molecule has 102 valence electrons. The minimum atomic E-state index is -0.996. The fourth-order valence-electron chi connectivity index (χ4n) is 1.73. The summed E-state index contributed by atoms with van der Waals surface area (Å²) in [7, 11) is 0. The lowest BCUT2D eigenvalue weighted by Crippen LogP contribution is -1.89. The third-order valence-corrected chi connectivity index (χ3v) is 2.68. The van der Waals surface area contributed by atoms with E-state index in [-0.39, 0.29) is 5.82 Å². The van der Waals surface area contributed by atoms with Gasteiger partial charge in [-0.3, -0.25) is 0 Å². The Morgan fingerprint density at radius 1 is 1.20 bits per heavy atom. The van der Waals surface area contributed by atoms with Crippen molar-refractivity contribution < 1.29 is 19.0 Å². The molecular formula is C16H13FO3. The molecule has 0 saturated heterocycles. The van der Waals surface area contributed by atoms with E-state index in [9.17, 15) is 9.18 Å². The van der Waals surface area contributed by atoms with E-state index in [4.69, 9.17) is 9.84 Å². The maximum absolute atomic E-state index is 13.0. The van der Waals surface area contributed by atoms with Crippen molar-refractivity contribution in [2.45, 2.75) is 6.92 Å². The van der Waals surface area contributed by atoms with Gasteiger partial charge in [0.25, 0.3) is 0 Å². The minimum absolute atomic E-state index is 0.361. The van der Waals surface area contributed by atoms with Crippen molar-refractivity contribution in [3.63, 3.8) is 0 Å². The number of hydrogen-bond acceptors (Lipinski definition) is 2. The quantitative estimate of drug-likeness (QED) is 0.855. The van der Waals surface area contributed by atoms with E-state index in [1.807, 2.05) is 6.92 Å². The van der Waals surface area contributed by atoms with Gasteiger partial charge in [-0.2, -0.15) is 0 Å². The van der Waals surface area contributed by atoms with Crippen LogP contribution >= 0.6 is 0 Å². The van der Waals surface area contributed by atoms with Crippen LogP contribution in [0.4, 0.5) is 4.39 Å². The zero-order valence-corrected chi connectivity index (χ0v) is 10.8. The highest BCUT2D eigenvalue weighted by Crippen LogP contribution is 2.24. The second kappa shape index (κ2) is 6.02. The molecule has 0 aliphatic rings. The molecule has 2 rings (SSSR count). The summed E-state index contributed by atoms with van der Waals surface area (Å²) in [6, 6.07) is 11.1. The summed E-state index contributed by atoms with van der Waals surface area (Å²) in [4.78, 5) is 10.5. The molecule has 2 aromatic rings. The lowest BCUT2D eigenvalue weighted by atomic mass is 10.1. The molecule has 1 N–H and O–H groups in total. The first-order chi connectivity index (χ1) is 9.54. The number of carboxylic acids is 1. The van der Waals surface area contributed by atoms with Gasteiger partial charge in [0.15, 0.2) is 0 Å². The summed E-state index contributed by atoms with van der Waals surface area (Å²) in [6.07, 6.45) is 2.60. The van der Waals surface area contributed by atoms with Crippen LogP contribution in [0.25, 0.3) is 6.08 Å². The van der Waals surface area contributed by atoms with E-state index in [0.717, 1.165) is 17.2 Å². The first-order valence-corrected chi connectivity index (χ1v) is 6.00. The zero-order chi connectivity index (χ0) is 14.5. The summed E-state index contributed by atoms with van der Waals surface area (Å²) in [5, 5.41) is 8.59. The summed E-state index contributed by atoms with van der Waals surface area (Å²) in [5.41, 5.74) is 1.66. The summed E-state index contributed by atoms with van der Waals surface area (Å²) >= 11 is 0. The molecule has 0 unspecified atom stereocenters. The Balaban J connectivity index is 2.19. The fourth-order valence-corrected chi connectivity index (χ4v) is 1.73. The number of benzene rings is 2. The molecule has 0 saturated carbocycles. The second-order valence-corrected chi connectivity index (χ2v) is 4.25. The molecule has 0 fully saturated rings. The Morgan fingerprint density at radius 2 is 1.95 bits per heavy atom. The molecular weight excluding hydrogens is 259 g/mol. The Hall–Kier alpha value is -2.62. The number of carbonyl (C=O) groups is 1. The number of aliphatic carboxylic acids is 1. The summed E-state index contributed by atoms with van der Waals surface area (Å²) < 4.78 is 18.6. The minimum Gasteiger partial charge on any atom is -0.478 e. The second-order valence-electron chi connectivity index (χ2n) is 4.25. The van der Waals surface area contributed by atoms with Gasteiger partial charge in [0.2, 0.25) is 0 Å². The first-order valence-electron chi connectivity index (χ1n) is 6.00. The van der Waals surface area contributed by atoms with Crippen molar-refractivity contribution in [1.82, 2.24) is 0 Å². The van der Waals surface area contributed by atoms with Crippen LogP contribution in [0.5, 0.6) is 11.5 Å². The molecule has 0 amide bonds. The highest BCUT2D eigenvalue weighted by Gasteiger charge is 2.02. The van der Waals surface area contributed by atoms with Crippen LogP contribution in [0, 0.1) is 12.7 Å². The topological polar surface area (TPSA) is 46.5 Å². The van der Waals surface area contributed by atoms with E-state index >= 15 is 0 Å². The van der Waals surface area contributed by atoms with Crippen molar-refractivity contribution in [2.75, 3.05) is 0 Å². The molecule has 20 heavy (non-hydrogen) atoms. The molecule has 4 heteroatoms. The number of halogens is 1. The van der Waals surface area contributed by atoms with Crippen LogP contribution in [0.2, 0.25) is 0 Å². The van der Waals surface area contributed by atoms with Crippen LogP contribution in [0.3, 0.4) is 0 Å². The van der Waals surface area contributed by atoms with Crippen molar-refractivity contribution in [3.05, 3.63) is 65.5 Å². The van der Waals surface area contributed by atoms with Gasteiger partial charge in [0.1, 0.15) is 17.3 Å². The van der Waals surface area contributed by atoms with Crippen LogP contribution in [0.1, 0.15) is 11.1 Å². The monoisotopic (exact) mass is 272 g/mol. The average Bonchev–Trinajstić information content (AvgIpc) is 2.37. The van der Waals surface area contributed by atoms with E-state index in [2.05, 4.69) is 0 Å². The van der Waals surface area contributed by atoms with Gasteiger partial charge in [0.05, 0.1) is 0 Å². The summed E-state index contributed by atoms with van der Waals surface area (Å²) in [5.74, 6) is -0.372. The maximum Gasteiger partial charge on any atom is 0.328 e. The van der Waals surface area contributed by atoms with Gasteiger partial charge in [-0.1, -0.05) is 12.1 Å². The summed E-state index contributed by atoms with van der Waals surface area (Å²) in [6.45, 7) is 1.85. The molecule has 0 heterocycles. The molecule has 0 aliphatic heterocycles. The van der Waals surface area contributed by atoms with Crippen molar-refractivity contribution >= 4 is 12.0 Å². The van der Waals surface area contributed by atoms with Crippen LogP contribution in [-0.2, 0) is 4.79 Å².